The van der Waals surface area contributed by atoms with Gasteiger partial charge in [0.1, 0.15) is 0 Å². The van der Waals surface area contributed by atoms with E-state index < -0.39 is 0 Å². The zero-order valence-electron chi connectivity index (χ0n) is 10.8. The van der Waals surface area contributed by atoms with Crippen LogP contribution in [0.4, 0.5) is 0 Å². The van der Waals surface area contributed by atoms with E-state index in [1.165, 1.54) is 24.0 Å². The summed E-state index contributed by atoms with van der Waals surface area (Å²) in [5.41, 5.74) is 2.93. The van der Waals surface area contributed by atoms with Crippen LogP contribution >= 0.6 is 0 Å². The Morgan fingerprint density at radius 1 is 1.35 bits per heavy atom. The van der Waals surface area contributed by atoms with Crippen molar-refractivity contribution in [2.45, 2.75) is 38.6 Å². The van der Waals surface area contributed by atoms with E-state index in [2.05, 4.69) is 43.4 Å². The Balaban J connectivity index is 1.77. The summed E-state index contributed by atoms with van der Waals surface area (Å²) >= 11 is 0. The first kappa shape index (κ1) is 12.6. The van der Waals surface area contributed by atoms with Gasteiger partial charge >= 0.3 is 0 Å². The molecule has 2 heteroatoms. The molecular formula is C15H23NO. The lowest BCUT2D eigenvalue weighted by Gasteiger charge is -2.37. The Hall–Kier alpha value is -0.860. The van der Waals surface area contributed by atoms with Gasteiger partial charge in [0, 0.05) is 19.2 Å². The normalized spacial score (nSPS) is 25.4. The first-order valence-corrected chi connectivity index (χ1v) is 6.60. The average molecular weight is 233 g/mol. The van der Waals surface area contributed by atoms with E-state index >= 15 is 0 Å². The van der Waals surface area contributed by atoms with Crippen LogP contribution in [-0.4, -0.2) is 24.3 Å². The first-order chi connectivity index (χ1) is 8.20. The maximum Gasteiger partial charge on any atom is 0.0468 e. The molecule has 1 aromatic rings. The van der Waals surface area contributed by atoms with Crippen LogP contribution < -0.4 is 5.32 Å². The van der Waals surface area contributed by atoms with Gasteiger partial charge in [0.2, 0.25) is 0 Å². The van der Waals surface area contributed by atoms with Gasteiger partial charge in [-0.2, -0.15) is 0 Å². The van der Waals surface area contributed by atoms with E-state index in [9.17, 15) is 0 Å². The van der Waals surface area contributed by atoms with E-state index in [1.54, 1.807) is 0 Å². The maximum absolute atomic E-state index is 8.96. The molecule has 17 heavy (non-hydrogen) atoms. The molecular weight excluding hydrogens is 210 g/mol. The molecule has 0 aromatic heterocycles. The summed E-state index contributed by atoms with van der Waals surface area (Å²) in [5.74, 6) is 1.10. The Kier molecular flexibility index (Phi) is 4.19. The van der Waals surface area contributed by atoms with Gasteiger partial charge in [0.15, 0.2) is 0 Å². The van der Waals surface area contributed by atoms with Gasteiger partial charge < -0.3 is 10.4 Å². The molecule has 0 heterocycles. The van der Waals surface area contributed by atoms with Gasteiger partial charge in [-0.3, -0.25) is 0 Å². The highest BCUT2D eigenvalue weighted by Crippen LogP contribution is 2.38. The summed E-state index contributed by atoms with van der Waals surface area (Å²) in [5, 5.41) is 12.5. The van der Waals surface area contributed by atoms with E-state index in [4.69, 9.17) is 5.11 Å². The van der Waals surface area contributed by atoms with Crippen molar-refractivity contribution in [3.63, 3.8) is 0 Å². The molecule has 2 N–H and O–H groups in total. The third-order valence-corrected chi connectivity index (χ3v) is 3.83. The molecule has 94 valence electrons. The second-order valence-corrected chi connectivity index (χ2v) is 5.42. The molecule has 2 nitrogen and oxygen atoms in total. The lowest BCUT2D eigenvalue weighted by Crippen LogP contribution is -2.42. The predicted octanol–water partition coefficient (Wildman–Crippen LogP) is 2.46. The fourth-order valence-corrected chi connectivity index (χ4v) is 2.52. The topological polar surface area (TPSA) is 32.3 Å². The zero-order chi connectivity index (χ0) is 12.3. The van der Waals surface area contributed by atoms with E-state index in [0.29, 0.717) is 12.0 Å². The van der Waals surface area contributed by atoms with E-state index in [0.717, 1.165) is 12.5 Å². The van der Waals surface area contributed by atoms with Crippen LogP contribution in [-0.2, 0) is 0 Å². The molecule has 0 bridgehead atoms. The number of hydrogen-bond donors (Lipinski definition) is 2. The van der Waals surface area contributed by atoms with Crippen LogP contribution in [0.3, 0.4) is 0 Å². The lowest BCUT2D eigenvalue weighted by atomic mass is 9.74. The molecule has 0 spiro atoms. The number of aliphatic hydroxyl groups is 1. The molecule has 1 saturated carbocycles. The number of nitrogens with one attached hydrogen (secondary N) is 1. The highest BCUT2D eigenvalue weighted by atomic mass is 16.3. The SMILES string of the molecule is Cc1ccccc1C1CC(NCC(C)CO)C1. The highest BCUT2D eigenvalue weighted by molar-refractivity contribution is 5.31. The number of aryl methyl sites for hydroxylation is 1. The molecule has 0 saturated heterocycles. The number of rotatable bonds is 5. The van der Waals surface area contributed by atoms with E-state index in [1.807, 2.05) is 0 Å². The largest absolute Gasteiger partial charge is 0.396 e. The summed E-state index contributed by atoms with van der Waals surface area (Å²) in [6.07, 6.45) is 2.48. The van der Waals surface area contributed by atoms with Gasteiger partial charge in [-0.1, -0.05) is 31.2 Å². The van der Waals surface area contributed by atoms with Crippen molar-refractivity contribution in [2.24, 2.45) is 5.92 Å². The van der Waals surface area contributed by atoms with Crippen LogP contribution in [0.5, 0.6) is 0 Å². The minimum atomic E-state index is 0.279. The minimum absolute atomic E-state index is 0.279. The van der Waals surface area contributed by atoms with Crippen molar-refractivity contribution >= 4 is 0 Å². The molecule has 1 fully saturated rings. The summed E-state index contributed by atoms with van der Waals surface area (Å²) in [6, 6.07) is 9.34. The fraction of sp³-hybridized carbons (Fsp3) is 0.600. The van der Waals surface area contributed by atoms with Gasteiger partial charge in [-0.25, -0.2) is 0 Å². The lowest BCUT2D eigenvalue weighted by molar-refractivity contribution is 0.213. The van der Waals surface area contributed by atoms with Crippen LogP contribution in [0.1, 0.15) is 36.8 Å². The molecule has 0 radical (unpaired) electrons. The second kappa shape index (κ2) is 5.65. The molecule has 1 atom stereocenters. The van der Waals surface area contributed by atoms with Crippen LogP contribution in [0, 0.1) is 12.8 Å². The van der Waals surface area contributed by atoms with Crippen molar-refractivity contribution in [3.8, 4) is 0 Å². The molecule has 1 unspecified atom stereocenters. The number of hydrogen-bond acceptors (Lipinski definition) is 2. The molecule has 0 amide bonds. The summed E-state index contributed by atoms with van der Waals surface area (Å²) in [7, 11) is 0. The van der Waals surface area contributed by atoms with Gasteiger partial charge in [0.05, 0.1) is 0 Å². The number of benzene rings is 1. The quantitative estimate of drug-likeness (QED) is 0.819. The van der Waals surface area contributed by atoms with Crippen LogP contribution in [0.25, 0.3) is 0 Å². The Bertz CT molecular complexity index is 358. The predicted molar refractivity (Wildman–Crippen MR) is 71.2 cm³/mol. The smallest absolute Gasteiger partial charge is 0.0468 e. The third kappa shape index (κ3) is 3.08. The molecule has 1 aliphatic carbocycles. The van der Waals surface area contributed by atoms with Crippen molar-refractivity contribution < 1.29 is 5.11 Å². The highest BCUT2D eigenvalue weighted by Gasteiger charge is 2.30. The minimum Gasteiger partial charge on any atom is -0.396 e. The third-order valence-electron chi connectivity index (χ3n) is 3.83. The molecule has 2 rings (SSSR count). The first-order valence-electron chi connectivity index (χ1n) is 6.60. The Morgan fingerprint density at radius 2 is 2.06 bits per heavy atom. The van der Waals surface area contributed by atoms with Crippen molar-refractivity contribution in [2.75, 3.05) is 13.2 Å². The van der Waals surface area contributed by atoms with Crippen molar-refractivity contribution in [3.05, 3.63) is 35.4 Å². The average Bonchev–Trinajstić information content (AvgIpc) is 2.28. The molecule has 1 aliphatic rings. The molecule has 1 aromatic carbocycles. The Labute approximate surface area is 104 Å². The standard InChI is InChI=1S/C15H23NO/c1-11(10-17)9-16-14-7-13(8-14)15-6-4-3-5-12(15)2/h3-6,11,13-14,16-17H,7-10H2,1-2H3. The van der Waals surface area contributed by atoms with Gasteiger partial charge in [-0.15, -0.1) is 0 Å². The van der Waals surface area contributed by atoms with Crippen LogP contribution in [0.2, 0.25) is 0 Å². The van der Waals surface area contributed by atoms with Gasteiger partial charge in [-0.05, 0) is 42.7 Å². The monoisotopic (exact) mass is 233 g/mol. The number of aliphatic hydroxyl groups excluding tert-OH is 1. The van der Waals surface area contributed by atoms with Crippen molar-refractivity contribution in [1.82, 2.24) is 5.32 Å². The van der Waals surface area contributed by atoms with Crippen molar-refractivity contribution in [1.29, 1.82) is 0 Å². The summed E-state index contributed by atoms with van der Waals surface area (Å²) in [4.78, 5) is 0. The van der Waals surface area contributed by atoms with Gasteiger partial charge in [0.25, 0.3) is 0 Å². The summed E-state index contributed by atoms with van der Waals surface area (Å²) in [6.45, 7) is 5.48. The zero-order valence-corrected chi connectivity index (χ0v) is 10.8. The maximum atomic E-state index is 8.96. The van der Waals surface area contributed by atoms with E-state index in [-0.39, 0.29) is 6.61 Å². The second-order valence-electron chi connectivity index (χ2n) is 5.42. The fourth-order valence-electron chi connectivity index (χ4n) is 2.52. The Morgan fingerprint density at radius 3 is 2.71 bits per heavy atom. The van der Waals surface area contributed by atoms with Crippen LogP contribution in [0.15, 0.2) is 24.3 Å². The molecule has 0 aliphatic heterocycles. The summed E-state index contributed by atoms with van der Waals surface area (Å²) < 4.78 is 0.